The molecule has 1 aliphatic rings. The zero-order valence-electron chi connectivity index (χ0n) is 11.4. The van der Waals surface area contributed by atoms with Gasteiger partial charge >= 0.3 is 0 Å². The summed E-state index contributed by atoms with van der Waals surface area (Å²) >= 11 is 0. The van der Waals surface area contributed by atoms with Gasteiger partial charge in [-0.3, -0.25) is 15.0 Å². The van der Waals surface area contributed by atoms with Crippen molar-refractivity contribution in [1.29, 1.82) is 0 Å². The molecule has 0 saturated carbocycles. The van der Waals surface area contributed by atoms with Gasteiger partial charge in [-0.15, -0.1) is 0 Å². The molecule has 104 valence electrons. The molecule has 0 fully saturated rings. The van der Waals surface area contributed by atoms with Crippen LogP contribution in [0.5, 0.6) is 0 Å². The monoisotopic (exact) mass is 271 g/mol. The average molecular weight is 271 g/mol. The van der Waals surface area contributed by atoms with E-state index in [-0.39, 0.29) is 18.2 Å². The SMILES string of the molecule is Cc1ccc2c(c1)c1c(n2CC(=O)NN)C(=O)CCC1. The van der Waals surface area contributed by atoms with Gasteiger partial charge in [-0.2, -0.15) is 0 Å². The summed E-state index contributed by atoms with van der Waals surface area (Å²) in [5.41, 5.74) is 5.97. The maximum absolute atomic E-state index is 12.2. The fourth-order valence-electron chi connectivity index (χ4n) is 3.01. The minimum atomic E-state index is -0.302. The van der Waals surface area contributed by atoms with Crippen molar-refractivity contribution in [3.05, 3.63) is 35.0 Å². The van der Waals surface area contributed by atoms with Gasteiger partial charge in [0, 0.05) is 17.3 Å². The standard InChI is InChI=1S/C15H17N3O2/c1-9-5-6-12-11(7-9)10-3-2-4-13(19)15(10)18(12)8-14(20)17-16/h5-7H,2-4,8,16H2,1H3,(H,17,20). The van der Waals surface area contributed by atoms with Crippen LogP contribution in [0.15, 0.2) is 18.2 Å². The molecule has 0 radical (unpaired) electrons. The van der Waals surface area contributed by atoms with Crippen molar-refractivity contribution in [3.63, 3.8) is 0 Å². The lowest BCUT2D eigenvalue weighted by atomic mass is 9.94. The van der Waals surface area contributed by atoms with Gasteiger partial charge in [-0.05, 0) is 37.5 Å². The fraction of sp³-hybridized carbons (Fsp3) is 0.333. The molecule has 1 aromatic carbocycles. The number of aryl methyl sites for hydroxylation is 2. The minimum Gasteiger partial charge on any atom is -0.328 e. The number of nitrogens with zero attached hydrogens (tertiary/aromatic N) is 1. The Kier molecular flexibility index (Phi) is 3.06. The highest BCUT2D eigenvalue weighted by Crippen LogP contribution is 2.32. The topological polar surface area (TPSA) is 77.1 Å². The molecule has 0 saturated heterocycles. The number of nitrogens with two attached hydrogens (primary N) is 1. The van der Waals surface area contributed by atoms with Crippen molar-refractivity contribution in [1.82, 2.24) is 9.99 Å². The number of carbonyl (C=O) groups is 2. The molecule has 3 rings (SSSR count). The second-order valence-corrected chi connectivity index (χ2v) is 5.28. The van der Waals surface area contributed by atoms with Crippen LogP contribution in [0.25, 0.3) is 10.9 Å². The van der Waals surface area contributed by atoms with Crippen LogP contribution in [-0.4, -0.2) is 16.3 Å². The van der Waals surface area contributed by atoms with Crippen molar-refractivity contribution in [2.45, 2.75) is 32.7 Å². The predicted molar refractivity (Wildman–Crippen MR) is 76.3 cm³/mol. The Bertz CT molecular complexity index is 715. The Morgan fingerprint density at radius 1 is 1.40 bits per heavy atom. The number of amides is 1. The number of hydrogen-bond acceptors (Lipinski definition) is 3. The molecular formula is C15H17N3O2. The van der Waals surface area contributed by atoms with E-state index >= 15 is 0 Å². The van der Waals surface area contributed by atoms with E-state index in [1.807, 2.05) is 19.1 Å². The summed E-state index contributed by atoms with van der Waals surface area (Å²) in [6.07, 6.45) is 2.31. The first-order valence-electron chi connectivity index (χ1n) is 6.76. The summed E-state index contributed by atoms with van der Waals surface area (Å²) in [4.78, 5) is 23.9. The number of rotatable bonds is 2. The van der Waals surface area contributed by atoms with Crippen molar-refractivity contribution in [2.75, 3.05) is 0 Å². The van der Waals surface area contributed by atoms with E-state index in [2.05, 4.69) is 11.5 Å². The molecule has 1 aliphatic carbocycles. The highest BCUT2D eigenvalue weighted by molar-refractivity contribution is 6.04. The molecule has 0 bridgehead atoms. The normalized spacial score (nSPS) is 14.4. The third-order valence-corrected chi connectivity index (χ3v) is 3.88. The molecule has 1 heterocycles. The first-order valence-corrected chi connectivity index (χ1v) is 6.76. The zero-order chi connectivity index (χ0) is 14.3. The fourth-order valence-corrected chi connectivity index (χ4v) is 3.01. The smallest absolute Gasteiger partial charge is 0.253 e. The van der Waals surface area contributed by atoms with E-state index in [1.54, 1.807) is 4.57 Å². The molecule has 5 heteroatoms. The number of ketones is 1. The molecule has 2 aromatic rings. The van der Waals surface area contributed by atoms with Crippen LogP contribution >= 0.6 is 0 Å². The van der Waals surface area contributed by atoms with E-state index < -0.39 is 0 Å². The molecule has 5 nitrogen and oxygen atoms in total. The second kappa shape index (κ2) is 4.76. The van der Waals surface area contributed by atoms with Crippen LogP contribution in [-0.2, 0) is 17.8 Å². The number of Topliss-reactive ketones (excluding diaryl/α,β-unsaturated/α-hetero) is 1. The van der Waals surface area contributed by atoms with Gasteiger partial charge in [-0.1, -0.05) is 11.6 Å². The van der Waals surface area contributed by atoms with Crippen LogP contribution in [0.3, 0.4) is 0 Å². The van der Waals surface area contributed by atoms with Crippen LogP contribution in [0.4, 0.5) is 0 Å². The molecule has 0 aliphatic heterocycles. The van der Waals surface area contributed by atoms with E-state index in [9.17, 15) is 9.59 Å². The summed E-state index contributed by atoms with van der Waals surface area (Å²) in [5, 5.41) is 1.08. The third-order valence-electron chi connectivity index (χ3n) is 3.88. The zero-order valence-corrected chi connectivity index (χ0v) is 11.4. The van der Waals surface area contributed by atoms with Gasteiger partial charge in [0.05, 0.1) is 5.69 Å². The van der Waals surface area contributed by atoms with Crippen LogP contribution < -0.4 is 11.3 Å². The lowest BCUT2D eigenvalue weighted by Gasteiger charge is -2.14. The summed E-state index contributed by atoms with van der Waals surface area (Å²) in [5.74, 6) is 4.98. The van der Waals surface area contributed by atoms with Crippen LogP contribution in [0.1, 0.15) is 34.5 Å². The van der Waals surface area contributed by atoms with Crippen molar-refractivity contribution >= 4 is 22.6 Å². The number of hydrazine groups is 1. The van der Waals surface area contributed by atoms with E-state index in [4.69, 9.17) is 5.84 Å². The Balaban J connectivity index is 2.28. The van der Waals surface area contributed by atoms with E-state index in [0.717, 1.165) is 34.9 Å². The van der Waals surface area contributed by atoms with Gasteiger partial charge in [0.25, 0.3) is 5.91 Å². The number of nitrogens with one attached hydrogen (secondary N) is 1. The van der Waals surface area contributed by atoms with Crippen LogP contribution in [0, 0.1) is 6.92 Å². The summed E-state index contributed by atoms with van der Waals surface area (Å²) in [7, 11) is 0. The highest BCUT2D eigenvalue weighted by Gasteiger charge is 2.26. The Morgan fingerprint density at radius 3 is 2.95 bits per heavy atom. The van der Waals surface area contributed by atoms with Crippen molar-refractivity contribution in [2.24, 2.45) is 5.84 Å². The van der Waals surface area contributed by atoms with Gasteiger partial charge in [0.1, 0.15) is 6.54 Å². The maximum Gasteiger partial charge on any atom is 0.253 e. The van der Waals surface area contributed by atoms with Gasteiger partial charge in [0.15, 0.2) is 5.78 Å². The maximum atomic E-state index is 12.2. The molecular weight excluding hydrogens is 254 g/mol. The Hall–Kier alpha value is -2.14. The van der Waals surface area contributed by atoms with Crippen LogP contribution in [0.2, 0.25) is 0 Å². The number of fused-ring (bicyclic) bond motifs is 3. The quantitative estimate of drug-likeness (QED) is 0.493. The van der Waals surface area contributed by atoms with E-state index in [0.29, 0.717) is 12.1 Å². The number of carbonyl (C=O) groups excluding carboxylic acids is 2. The van der Waals surface area contributed by atoms with Crippen molar-refractivity contribution in [3.8, 4) is 0 Å². The first kappa shape index (κ1) is 12.9. The first-order chi connectivity index (χ1) is 9.61. The van der Waals surface area contributed by atoms with Gasteiger partial charge < -0.3 is 4.57 Å². The highest BCUT2D eigenvalue weighted by atomic mass is 16.2. The summed E-state index contributed by atoms with van der Waals surface area (Å²) in [6, 6.07) is 6.05. The van der Waals surface area contributed by atoms with Gasteiger partial charge in [0.2, 0.25) is 0 Å². The molecule has 20 heavy (non-hydrogen) atoms. The second-order valence-electron chi connectivity index (χ2n) is 5.28. The number of benzene rings is 1. The number of aromatic nitrogens is 1. The molecule has 0 atom stereocenters. The number of hydrogen-bond donors (Lipinski definition) is 2. The Labute approximate surface area is 116 Å². The molecule has 3 N–H and O–H groups in total. The lowest BCUT2D eigenvalue weighted by Crippen LogP contribution is -2.34. The largest absolute Gasteiger partial charge is 0.328 e. The van der Waals surface area contributed by atoms with Crippen molar-refractivity contribution < 1.29 is 9.59 Å². The minimum absolute atomic E-state index is 0.0805. The summed E-state index contributed by atoms with van der Waals surface area (Å²) < 4.78 is 1.80. The summed E-state index contributed by atoms with van der Waals surface area (Å²) in [6.45, 7) is 2.11. The lowest BCUT2D eigenvalue weighted by molar-refractivity contribution is -0.121. The third kappa shape index (κ3) is 1.91. The van der Waals surface area contributed by atoms with Gasteiger partial charge in [-0.25, -0.2) is 5.84 Å². The van der Waals surface area contributed by atoms with E-state index in [1.165, 1.54) is 0 Å². The molecule has 1 aromatic heterocycles. The molecule has 1 amide bonds. The molecule has 0 spiro atoms. The Morgan fingerprint density at radius 2 is 2.20 bits per heavy atom. The molecule has 0 unspecified atom stereocenters. The average Bonchev–Trinajstić information content (AvgIpc) is 2.74. The predicted octanol–water partition coefficient (Wildman–Crippen LogP) is 1.46.